The van der Waals surface area contributed by atoms with Crippen LogP contribution >= 0.6 is 0 Å². The molecule has 1 unspecified atom stereocenters. The van der Waals surface area contributed by atoms with Crippen molar-refractivity contribution in [1.29, 1.82) is 0 Å². The molecule has 1 saturated carbocycles. The van der Waals surface area contributed by atoms with Crippen LogP contribution in [0, 0.1) is 0 Å². The van der Waals surface area contributed by atoms with Crippen molar-refractivity contribution in [1.82, 2.24) is 0 Å². The predicted octanol–water partition coefficient (Wildman–Crippen LogP) is 5.68. The van der Waals surface area contributed by atoms with E-state index in [0.29, 0.717) is 0 Å². The maximum absolute atomic E-state index is 6.18. The van der Waals surface area contributed by atoms with Gasteiger partial charge in [0.25, 0.3) is 0 Å². The fourth-order valence-electron chi connectivity index (χ4n) is 2.84. The van der Waals surface area contributed by atoms with Crippen molar-refractivity contribution in [2.45, 2.75) is 52.1 Å². The Morgan fingerprint density at radius 2 is 1.90 bits per heavy atom. The molecule has 1 aromatic carbocycles. The second-order valence-electron chi connectivity index (χ2n) is 5.35. The number of hydrogen-bond donors (Lipinski definition) is 0. The summed E-state index contributed by atoms with van der Waals surface area (Å²) in [6, 6.07) is 8.51. The van der Waals surface area contributed by atoms with Gasteiger partial charge in [-0.2, -0.15) is 0 Å². The molecule has 0 spiro atoms. The minimum atomic E-state index is 0.107. The Bertz CT molecular complexity index is 545. The van der Waals surface area contributed by atoms with Crippen molar-refractivity contribution in [2.75, 3.05) is 0 Å². The zero-order chi connectivity index (χ0) is 15.2. The second kappa shape index (κ2) is 7.31. The molecule has 3 rings (SSSR count). The monoisotopic (exact) mass is 282 g/mol. The predicted molar refractivity (Wildman–Crippen MR) is 91.1 cm³/mol. The largest absolute Gasteiger partial charge is 0.486 e. The number of allylic oxidation sites excluding steroid dienone is 2. The fraction of sp³-hybridized carbons (Fsp3) is 0.400. The van der Waals surface area contributed by atoms with Gasteiger partial charge >= 0.3 is 0 Å². The van der Waals surface area contributed by atoms with Crippen molar-refractivity contribution in [3.63, 3.8) is 0 Å². The van der Waals surface area contributed by atoms with Crippen molar-refractivity contribution in [2.24, 2.45) is 0 Å². The van der Waals surface area contributed by atoms with Crippen molar-refractivity contribution in [3.05, 3.63) is 66.0 Å². The number of aryl methyl sites for hydroxylation is 1. The quantitative estimate of drug-likeness (QED) is 0.648. The Hall–Kier alpha value is -1.76. The average molecular weight is 282 g/mol. The van der Waals surface area contributed by atoms with Gasteiger partial charge in [-0.05, 0) is 60.5 Å². The molecule has 0 N–H and O–H groups in total. The van der Waals surface area contributed by atoms with E-state index in [9.17, 15) is 0 Å². The molecule has 1 atom stereocenters. The van der Waals surface area contributed by atoms with E-state index in [-0.39, 0.29) is 6.10 Å². The summed E-state index contributed by atoms with van der Waals surface area (Å²) in [4.78, 5) is 0. The van der Waals surface area contributed by atoms with Crippen LogP contribution in [0.25, 0.3) is 5.57 Å². The van der Waals surface area contributed by atoms with Crippen LogP contribution in [0.2, 0.25) is 0 Å². The number of fused-ring (bicyclic) bond motifs is 1. The lowest BCUT2D eigenvalue weighted by Crippen LogP contribution is -2.21. The molecule has 21 heavy (non-hydrogen) atoms. The Labute approximate surface area is 129 Å². The molecule has 0 bridgehead atoms. The standard InChI is InChI=1S/C18H20O.C2H6/c1-3-17(15-8-6-9-15)19-18-12-11-14-7-4-5-10-16(14)13(18)2;1-2/h3-5,7,10,18H,1-2,6,8-9,11-12H2;1-2H3. The number of benzene rings is 1. The average Bonchev–Trinajstić information content (AvgIpc) is 2.49. The van der Waals surface area contributed by atoms with E-state index >= 15 is 0 Å². The molecule has 0 aliphatic heterocycles. The number of hydrogen-bond acceptors (Lipinski definition) is 1. The van der Waals surface area contributed by atoms with Gasteiger partial charge in [-0.1, -0.05) is 51.3 Å². The molecular formula is C20H26O. The van der Waals surface area contributed by atoms with Crippen LogP contribution < -0.4 is 0 Å². The van der Waals surface area contributed by atoms with E-state index in [1.807, 2.05) is 19.9 Å². The summed E-state index contributed by atoms with van der Waals surface area (Å²) in [5.41, 5.74) is 5.19. The van der Waals surface area contributed by atoms with Crippen LogP contribution in [0.3, 0.4) is 0 Å². The summed E-state index contributed by atoms with van der Waals surface area (Å²) in [6.45, 7) is 12.1. The van der Waals surface area contributed by atoms with E-state index < -0.39 is 0 Å². The van der Waals surface area contributed by atoms with Crippen LogP contribution in [0.1, 0.15) is 50.7 Å². The van der Waals surface area contributed by atoms with Gasteiger partial charge in [-0.3, -0.25) is 0 Å². The van der Waals surface area contributed by atoms with Gasteiger partial charge in [0.15, 0.2) is 0 Å². The Morgan fingerprint density at radius 3 is 2.52 bits per heavy atom. The minimum Gasteiger partial charge on any atom is -0.486 e. The normalized spacial score (nSPS) is 19.6. The highest BCUT2D eigenvalue weighted by atomic mass is 16.5. The maximum atomic E-state index is 6.18. The van der Waals surface area contributed by atoms with Gasteiger partial charge < -0.3 is 4.74 Å². The summed E-state index contributed by atoms with van der Waals surface area (Å²) in [5, 5.41) is 0. The summed E-state index contributed by atoms with van der Waals surface area (Å²) >= 11 is 0. The first-order valence-electron chi connectivity index (χ1n) is 8.08. The first-order valence-corrected chi connectivity index (χ1v) is 8.08. The van der Waals surface area contributed by atoms with E-state index in [1.54, 1.807) is 0 Å². The molecule has 0 aromatic heterocycles. The van der Waals surface area contributed by atoms with Crippen LogP contribution in [-0.2, 0) is 11.2 Å². The fourth-order valence-corrected chi connectivity index (χ4v) is 2.84. The smallest absolute Gasteiger partial charge is 0.124 e. The molecule has 0 radical (unpaired) electrons. The lowest BCUT2D eigenvalue weighted by Gasteiger charge is -2.30. The Morgan fingerprint density at radius 1 is 1.19 bits per heavy atom. The Kier molecular flexibility index (Phi) is 5.44. The summed E-state index contributed by atoms with van der Waals surface area (Å²) in [5.74, 6) is 0.997. The highest BCUT2D eigenvalue weighted by Crippen LogP contribution is 2.35. The van der Waals surface area contributed by atoms with Crippen molar-refractivity contribution < 1.29 is 4.74 Å². The molecule has 0 saturated heterocycles. The van der Waals surface area contributed by atoms with E-state index in [2.05, 4.69) is 37.4 Å². The molecule has 2 aliphatic carbocycles. The highest BCUT2D eigenvalue weighted by molar-refractivity contribution is 5.71. The maximum Gasteiger partial charge on any atom is 0.124 e. The van der Waals surface area contributed by atoms with Gasteiger partial charge in [0, 0.05) is 0 Å². The van der Waals surface area contributed by atoms with Crippen LogP contribution in [0.4, 0.5) is 0 Å². The third-order valence-corrected chi connectivity index (χ3v) is 4.19. The van der Waals surface area contributed by atoms with Gasteiger partial charge in [-0.25, -0.2) is 0 Å². The highest BCUT2D eigenvalue weighted by Gasteiger charge is 2.25. The van der Waals surface area contributed by atoms with Crippen molar-refractivity contribution >= 4 is 5.57 Å². The van der Waals surface area contributed by atoms with Crippen LogP contribution in [0.5, 0.6) is 0 Å². The lowest BCUT2D eigenvalue weighted by molar-refractivity contribution is 0.156. The van der Waals surface area contributed by atoms with Gasteiger partial charge in [-0.15, -0.1) is 0 Å². The molecule has 0 heterocycles. The summed E-state index contributed by atoms with van der Waals surface area (Å²) < 4.78 is 6.18. The molecule has 1 heteroatoms. The second-order valence-corrected chi connectivity index (χ2v) is 5.35. The van der Waals surface area contributed by atoms with Gasteiger partial charge in [0.05, 0.1) is 0 Å². The molecule has 112 valence electrons. The SMILES string of the molecule is C=CC(OC1CCc2ccccc2C1=C)=C1CCC1.CC. The van der Waals surface area contributed by atoms with Crippen LogP contribution in [-0.4, -0.2) is 6.10 Å². The van der Waals surface area contributed by atoms with E-state index in [4.69, 9.17) is 4.74 Å². The molecule has 1 nitrogen and oxygen atoms in total. The zero-order valence-electron chi connectivity index (χ0n) is 13.3. The molecule has 1 fully saturated rings. The summed E-state index contributed by atoms with van der Waals surface area (Å²) in [7, 11) is 0. The molecule has 1 aromatic rings. The topological polar surface area (TPSA) is 9.23 Å². The lowest BCUT2D eigenvalue weighted by atomic mass is 9.86. The van der Waals surface area contributed by atoms with Crippen LogP contribution in [0.15, 0.2) is 54.8 Å². The first kappa shape index (κ1) is 15.6. The number of rotatable bonds is 3. The first-order chi connectivity index (χ1) is 10.3. The van der Waals surface area contributed by atoms with Crippen molar-refractivity contribution in [3.8, 4) is 0 Å². The molecule has 0 amide bonds. The minimum absolute atomic E-state index is 0.107. The van der Waals surface area contributed by atoms with E-state index in [1.165, 1.54) is 23.1 Å². The van der Waals surface area contributed by atoms with Gasteiger partial charge in [0.1, 0.15) is 11.9 Å². The van der Waals surface area contributed by atoms with Gasteiger partial charge in [0.2, 0.25) is 0 Å². The molecular weight excluding hydrogens is 256 g/mol. The van der Waals surface area contributed by atoms with E-state index in [0.717, 1.165) is 37.0 Å². The Balaban J connectivity index is 0.000000774. The zero-order valence-corrected chi connectivity index (χ0v) is 13.3. The molecule has 2 aliphatic rings. The number of ether oxygens (including phenoxy) is 1. The summed E-state index contributed by atoms with van der Waals surface area (Å²) in [6.07, 6.45) is 7.66. The third kappa shape index (κ3) is 3.29. The third-order valence-electron chi connectivity index (χ3n) is 4.19.